The lowest BCUT2D eigenvalue weighted by atomic mass is 10.1. The summed E-state index contributed by atoms with van der Waals surface area (Å²) >= 11 is 0. The van der Waals surface area contributed by atoms with Gasteiger partial charge in [0.05, 0.1) is 6.04 Å². The van der Waals surface area contributed by atoms with Crippen LogP contribution in [0.4, 0.5) is 0 Å². The van der Waals surface area contributed by atoms with Crippen molar-refractivity contribution in [2.75, 3.05) is 6.54 Å². The normalized spacial score (nSPS) is 12.1. The molecule has 1 amide bonds. The van der Waals surface area contributed by atoms with Gasteiger partial charge in [-0.3, -0.25) is 4.79 Å². The van der Waals surface area contributed by atoms with Crippen molar-refractivity contribution in [3.63, 3.8) is 0 Å². The van der Waals surface area contributed by atoms with Gasteiger partial charge in [-0.2, -0.15) is 0 Å². The maximum Gasteiger partial charge on any atom is 0.220 e. The van der Waals surface area contributed by atoms with Gasteiger partial charge >= 0.3 is 0 Å². The SMILES string of the molecule is CCCCCCCCCC(=O)NC(CN)c1ccccc1. The molecule has 3 N–H and O–H groups in total. The van der Waals surface area contributed by atoms with Gasteiger partial charge in [0.15, 0.2) is 0 Å². The number of hydrogen-bond donors (Lipinski definition) is 2. The minimum atomic E-state index is -0.0664. The Morgan fingerprint density at radius 1 is 1.05 bits per heavy atom. The molecule has 1 rings (SSSR count). The number of benzene rings is 1. The first kappa shape index (κ1) is 17.7. The van der Waals surface area contributed by atoms with E-state index in [2.05, 4.69) is 12.2 Å². The molecule has 1 unspecified atom stereocenters. The van der Waals surface area contributed by atoms with Crippen LogP contribution in [-0.2, 0) is 4.79 Å². The van der Waals surface area contributed by atoms with Gasteiger partial charge in [-0.1, -0.05) is 75.8 Å². The molecule has 0 aliphatic rings. The smallest absolute Gasteiger partial charge is 0.220 e. The van der Waals surface area contributed by atoms with E-state index in [4.69, 9.17) is 5.73 Å². The lowest BCUT2D eigenvalue weighted by molar-refractivity contribution is -0.121. The van der Waals surface area contributed by atoms with Crippen LogP contribution in [0.25, 0.3) is 0 Å². The van der Waals surface area contributed by atoms with Crippen LogP contribution in [0.3, 0.4) is 0 Å². The summed E-state index contributed by atoms with van der Waals surface area (Å²) in [5.41, 5.74) is 6.84. The standard InChI is InChI=1S/C18H30N2O/c1-2-3-4-5-6-7-11-14-18(21)20-17(15-19)16-12-9-8-10-13-16/h8-10,12-13,17H,2-7,11,14-15,19H2,1H3,(H,20,21). The molecular formula is C18H30N2O. The van der Waals surface area contributed by atoms with Gasteiger partial charge in [-0.05, 0) is 12.0 Å². The monoisotopic (exact) mass is 290 g/mol. The van der Waals surface area contributed by atoms with E-state index in [9.17, 15) is 4.79 Å². The third kappa shape index (κ3) is 7.86. The first-order valence-electron chi connectivity index (χ1n) is 8.32. The Bertz CT molecular complexity index is 378. The molecule has 0 fully saturated rings. The molecule has 3 nitrogen and oxygen atoms in total. The first-order chi connectivity index (χ1) is 10.3. The molecular weight excluding hydrogens is 260 g/mol. The average Bonchev–Trinajstić information content (AvgIpc) is 2.52. The van der Waals surface area contributed by atoms with Crippen LogP contribution in [0.5, 0.6) is 0 Å². The minimum Gasteiger partial charge on any atom is -0.348 e. The topological polar surface area (TPSA) is 55.1 Å². The molecule has 0 aromatic heterocycles. The lowest BCUT2D eigenvalue weighted by Gasteiger charge is -2.17. The molecule has 0 heterocycles. The molecule has 0 aliphatic heterocycles. The third-order valence-electron chi connectivity index (χ3n) is 3.78. The summed E-state index contributed by atoms with van der Waals surface area (Å²) in [4.78, 5) is 12.0. The van der Waals surface area contributed by atoms with Crippen LogP contribution in [-0.4, -0.2) is 12.5 Å². The van der Waals surface area contributed by atoms with Gasteiger partial charge in [0.25, 0.3) is 0 Å². The van der Waals surface area contributed by atoms with Gasteiger partial charge < -0.3 is 11.1 Å². The molecule has 1 atom stereocenters. The highest BCUT2D eigenvalue weighted by Gasteiger charge is 2.11. The number of nitrogens with one attached hydrogen (secondary N) is 1. The zero-order valence-corrected chi connectivity index (χ0v) is 13.3. The summed E-state index contributed by atoms with van der Waals surface area (Å²) in [7, 11) is 0. The van der Waals surface area contributed by atoms with E-state index in [0.29, 0.717) is 13.0 Å². The molecule has 0 bridgehead atoms. The predicted molar refractivity (Wildman–Crippen MR) is 89.0 cm³/mol. The van der Waals surface area contributed by atoms with E-state index in [1.54, 1.807) is 0 Å². The fraction of sp³-hybridized carbons (Fsp3) is 0.611. The van der Waals surface area contributed by atoms with Gasteiger partial charge in [0.1, 0.15) is 0 Å². The highest BCUT2D eigenvalue weighted by atomic mass is 16.1. The Labute approximate surface area is 129 Å². The summed E-state index contributed by atoms with van der Waals surface area (Å²) in [6.07, 6.45) is 9.21. The number of hydrogen-bond acceptors (Lipinski definition) is 2. The van der Waals surface area contributed by atoms with Crippen LogP contribution in [0.15, 0.2) is 30.3 Å². The molecule has 0 saturated carbocycles. The Kier molecular flexibility index (Phi) is 9.55. The number of carbonyl (C=O) groups excluding carboxylic acids is 1. The Hall–Kier alpha value is -1.35. The second kappa shape index (κ2) is 11.3. The second-order valence-corrected chi connectivity index (χ2v) is 5.64. The third-order valence-corrected chi connectivity index (χ3v) is 3.78. The maximum atomic E-state index is 12.0. The van der Waals surface area contributed by atoms with Crippen LogP contribution in [0, 0.1) is 0 Å². The van der Waals surface area contributed by atoms with Crippen LogP contribution >= 0.6 is 0 Å². The van der Waals surface area contributed by atoms with Gasteiger partial charge in [-0.15, -0.1) is 0 Å². The zero-order valence-electron chi connectivity index (χ0n) is 13.3. The van der Waals surface area contributed by atoms with Crippen LogP contribution in [0.2, 0.25) is 0 Å². The number of rotatable bonds is 11. The molecule has 1 aromatic rings. The van der Waals surface area contributed by atoms with Gasteiger partial charge in [0, 0.05) is 13.0 Å². The molecule has 118 valence electrons. The van der Waals surface area contributed by atoms with Crippen molar-refractivity contribution in [2.24, 2.45) is 5.73 Å². The second-order valence-electron chi connectivity index (χ2n) is 5.64. The fourth-order valence-corrected chi connectivity index (χ4v) is 2.47. The van der Waals surface area contributed by atoms with Gasteiger partial charge in [-0.25, -0.2) is 0 Å². The van der Waals surface area contributed by atoms with Gasteiger partial charge in [0.2, 0.25) is 5.91 Å². The first-order valence-corrected chi connectivity index (χ1v) is 8.32. The van der Waals surface area contributed by atoms with Crippen LogP contribution < -0.4 is 11.1 Å². The van der Waals surface area contributed by atoms with E-state index in [1.807, 2.05) is 30.3 Å². The number of nitrogens with two attached hydrogens (primary N) is 1. The number of amides is 1. The Balaban J connectivity index is 2.17. The van der Waals surface area contributed by atoms with Crippen molar-refractivity contribution in [1.29, 1.82) is 0 Å². The van der Waals surface area contributed by atoms with Crippen molar-refractivity contribution in [3.8, 4) is 0 Å². The molecule has 21 heavy (non-hydrogen) atoms. The number of carbonyl (C=O) groups is 1. The Morgan fingerprint density at radius 2 is 1.67 bits per heavy atom. The minimum absolute atomic E-state index is 0.0664. The summed E-state index contributed by atoms with van der Waals surface area (Å²) in [6, 6.07) is 9.86. The van der Waals surface area contributed by atoms with Crippen molar-refractivity contribution in [3.05, 3.63) is 35.9 Å². The molecule has 1 aromatic carbocycles. The van der Waals surface area contributed by atoms with Crippen LogP contribution in [0.1, 0.15) is 69.9 Å². The number of unbranched alkanes of at least 4 members (excludes halogenated alkanes) is 6. The van der Waals surface area contributed by atoms with Crippen molar-refractivity contribution in [2.45, 2.75) is 64.3 Å². The van der Waals surface area contributed by atoms with Crippen molar-refractivity contribution < 1.29 is 4.79 Å². The van der Waals surface area contributed by atoms with E-state index < -0.39 is 0 Å². The average molecular weight is 290 g/mol. The lowest BCUT2D eigenvalue weighted by Crippen LogP contribution is -2.33. The molecule has 3 heteroatoms. The fourth-order valence-electron chi connectivity index (χ4n) is 2.47. The maximum absolute atomic E-state index is 12.0. The largest absolute Gasteiger partial charge is 0.348 e. The quantitative estimate of drug-likeness (QED) is 0.606. The molecule has 0 aliphatic carbocycles. The van der Waals surface area contributed by atoms with E-state index in [-0.39, 0.29) is 11.9 Å². The van der Waals surface area contributed by atoms with E-state index in [1.165, 1.54) is 32.1 Å². The predicted octanol–water partition coefficient (Wildman–Crippen LogP) is 3.94. The summed E-state index contributed by atoms with van der Waals surface area (Å²) in [6.45, 7) is 2.66. The summed E-state index contributed by atoms with van der Waals surface area (Å²) in [5, 5.41) is 3.03. The molecule has 0 spiro atoms. The van der Waals surface area contributed by atoms with Crippen molar-refractivity contribution in [1.82, 2.24) is 5.32 Å². The zero-order chi connectivity index (χ0) is 15.3. The summed E-state index contributed by atoms with van der Waals surface area (Å²) < 4.78 is 0. The highest BCUT2D eigenvalue weighted by molar-refractivity contribution is 5.76. The van der Waals surface area contributed by atoms with E-state index >= 15 is 0 Å². The van der Waals surface area contributed by atoms with E-state index in [0.717, 1.165) is 18.4 Å². The highest BCUT2D eigenvalue weighted by Crippen LogP contribution is 2.12. The molecule has 0 radical (unpaired) electrons. The summed E-state index contributed by atoms with van der Waals surface area (Å²) in [5.74, 6) is 0.114. The molecule has 0 saturated heterocycles. The van der Waals surface area contributed by atoms with Crippen molar-refractivity contribution >= 4 is 5.91 Å². The Morgan fingerprint density at radius 3 is 2.29 bits per heavy atom.